The Labute approximate surface area is 436 Å². The molecule has 3 fully saturated rings. The van der Waals surface area contributed by atoms with Gasteiger partial charge >= 0.3 is 20.8 Å². The molecule has 406 valence electrons. The van der Waals surface area contributed by atoms with Gasteiger partial charge in [-0.3, -0.25) is 33.4 Å². The molecule has 0 saturated carbocycles. The Kier molecular flexibility index (Phi) is 11.9. The van der Waals surface area contributed by atoms with Crippen LogP contribution in [-0.4, -0.2) is 182 Å². The van der Waals surface area contributed by atoms with Gasteiger partial charge in [0.05, 0.1) is 23.4 Å². The lowest BCUT2D eigenvalue weighted by atomic mass is 9.51. The molecule has 3 spiro atoms. The molecule has 0 amide bonds. The van der Waals surface area contributed by atoms with E-state index in [1.165, 1.54) is 28.9 Å². The number of phenols is 3. The summed E-state index contributed by atoms with van der Waals surface area (Å²) in [5, 5.41) is 53.8. The monoisotopic (exact) mass is 1090 g/mol. The van der Waals surface area contributed by atoms with Crippen LogP contribution in [0.25, 0.3) is 0 Å². The minimum absolute atomic E-state index is 0.0510. The predicted octanol–water partition coefficient (Wildman–Crippen LogP) is 1.02. The Morgan fingerprint density at radius 2 is 1.00 bits per heavy atom. The number of hydrogen-bond acceptors (Lipinski definition) is 18. The third-order valence-corrected chi connectivity index (χ3v) is 18.2. The first-order valence-corrected chi connectivity index (χ1v) is 27.4. The summed E-state index contributed by atoms with van der Waals surface area (Å²) >= 11 is 0. The summed E-state index contributed by atoms with van der Waals surface area (Å²) in [6.45, 7) is 2.62. The number of aliphatic hydroxyl groups is 2. The van der Waals surface area contributed by atoms with Gasteiger partial charge in [0.1, 0.15) is 17.0 Å². The molecule has 6 aliphatic carbocycles. The van der Waals surface area contributed by atoms with Crippen molar-refractivity contribution in [2.75, 3.05) is 47.9 Å². The van der Waals surface area contributed by atoms with Gasteiger partial charge in [-0.25, -0.2) is 4.55 Å². The smallest absolute Gasteiger partial charge is 0.504 e. The third-order valence-electron chi connectivity index (χ3n) is 18.2. The minimum Gasteiger partial charge on any atom is -0.504 e. The van der Waals surface area contributed by atoms with Crippen molar-refractivity contribution in [3.63, 3.8) is 0 Å². The molecule has 6 bridgehead atoms. The fraction of sp³-hybridized carbons (Fsp3) is 0.462. The standard InChI is InChI=1S/C18H19NO3.2C17H17NO4.2H2O4S/c1-19-8-7-18-11-4-6-14(21-2)17(18)22-16-13(20)5-3-10(15(16)18)9-12(11)19;2*1-18-7-6-16-13-9-2-3-10(19)14(13)22-15(16)11(20)4-5-17(16,21)12(18)8-9;2*1-5(2,3)4/h3-6,12,17,20H,7-9H2,1-2H3;2*2-5,12,15,19,21H,6-8H2,1H3;2*(H2,1,2,3,4)/p+1/t12-,17?,18+;2*12-,15+,16+,17?;;/m111../s1. The molecule has 22 nitrogen and oxygen atoms in total. The molecule has 6 aliphatic heterocycles. The van der Waals surface area contributed by atoms with E-state index in [0.717, 1.165) is 60.5 Å². The lowest BCUT2D eigenvalue weighted by molar-refractivity contribution is -0.151. The number of carbonyl (C=O) groups excluding carboxylic acids is 2. The Morgan fingerprint density at radius 3 is 1.43 bits per heavy atom. The molecule has 3 aromatic carbocycles. The van der Waals surface area contributed by atoms with E-state index in [-0.39, 0.29) is 52.4 Å². The second-order valence-electron chi connectivity index (χ2n) is 21.5. The molecule has 76 heavy (non-hydrogen) atoms. The largest absolute Gasteiger partial charge is 0.526 e. The van der Waals surface area contributed by atoms with Crippen molar-refractivity contribution in [3.05, 3.63) is 118 Å². The molecular formula is C52H58N3O19S2+. The number of phenolic OH excluding ortho intramolecular Hbond substituents is 3. The van der Waals surface area contributed by atoms with Crippen LogP contribution < -0.4 is 14.2 Å². The van der Waals surface area contributed by atoms with Crippen LogP contribution in [0, 0.1) is 0 Å². The van der Waals surface area contributed by atoms with Crippen molar-refractivity contribution in [1.29, 1.82) is 0 Å². The lowest BCUT2D eigenvalue weighted by Gasteiger charge is -2.60. The molecule has 10 N–H and O–H groups in total. The SMILES string of the molecule is CN1CC[C@]23c4c5ccc(O)c4O[C@H]2C(=O)C=CC3(O)[C@H]1C5.CN1CC[C@]23c4c5ccc(O)c4O[C@H]2C(=O)C=CC3(O)[C@H]1C5.COC1=CC=C2[C@H]3Cc4ccc(O)c5c4[C@@]2(CCN3C)C1O5.O=S(=O)(O)O.O=S(=O)(O)[OH2+]. The van der Waals surface area contributed by atoms with E-state index in [0.29, 0.717) is 49.0 Å². The molecule has 6 heterocycles. The number of nitrogens with zero attached hydrogens (tertiary/aromatic N) is 3. The second-order valence-corrected chi connectivity index (χ2v) is 23.4. The van der Waals surface area contributed by atoms with Crippen molar-refractivity contribution in [3.8, 4) is 34.5 Å². The summed E-state index contributed by atoms with van der Waals surface area (Å²) < 4.78 is 85.5. The van der Waals surface area contributed by atoms with Gasteiger partial charge in [-0.1, -0.05) is 24.3 Å². The molecule has 24 heteroatoms. The molecule has 3 unspecified atom stereocenters. The van der Waals surface area contributed by atoms with Crippen LogP contribution >= 0.6 is 0 Å². The quantitative estimate of drug-likeness (QED) is 0.125. The van der Waals surface area contributed by atoms with Crippen molar-refractivity contribution in [1.82, 2.24) is 14.7 Å². The van der Waals surface area contributed by atoms with Crippen LogP contribution in [0.2, 0.25) is 0 Å². The number of ether oxygens (including phenoxy) is 4. The fourth-order valence-electron chi connectivity index (χ4n) is 15.2. The van der Waals surface area contributed by atoms with Gasteiger partial charge in [-0.15, -0.1) is 8.42 Å². The first kappa shape index (κ1) is 52.2. The fourth-order valence-corrected chi connectivity index (χ4v) is 15.2. The van der Waals surface area contributed by atoms with Gasteiger partial charge < -0.3 is 49.0 Å². The van der Waals surface area contributed by atoms with E-state index in [2.05, 4.69) is 33.9 Å². The highest BCUT2D eigenvalue weighted by Crippen LogP contribution is 2.66. The molecular weight excluding hydrogens is 1030 g/mol. The molecule has 0 radical (unpaired) electrons. The summed E-state index contributed by atoms with van der Waals surface area (Å²) in [4.78, 5) is 31.6. The van der Waals surface area contributed by atoms with E-state index in [1.54, 1.807) is 37.5 Å². The third kappa shape index (κ3) is 7.22. The van der Waals surface area contributed by atoms with Crippen LogP contribution in [0.15, 0.2) is 84.2 Å². The number of rotatable bonds is 1. The van der Waals surface area contributed by atoms with Crippen LogP contribution in [0.5, 0.6) is 34.5 Å². The van der Waals surface area contributed by atoms with Crippen molar-refractivity contribution in [2.24, 2.45) is 0 Å². The lowest BCUT2D eigenvalue weighted by Crippen LogP contribution is -2.74. The summed E-state index contributed by atoms with van der Waals surface area (Å²) in [6.07, 6.45) is 13.5. The van der Waals surface area contributed by atoms with E-state index in [4.69, 9.17) is 54.0 Å². The number of methoxy groups -OCH3 is 1. The first-order chi connectivity index (χ1) is 35.6. The van der Waals surface area contributed by atoms with Gasteiger partial charge in [0, 0.05) is 34.8 Å². The van der Waals surface area contributed by atoms with Gasteiger partial charge in [-0.05, 0) is 150 Å². The van der Waals surface area contributed by atoms with Gasteiger partial charge in [0.15, 0.2) is 64.4 Å². The number of carbonyl (C=O) groups is 2. The summed E-state index contributed by atoms with van der Waals surface area (Å²) in [5.41, 5.74) is 3.81. The van der Waals surface area contributed by atoms with Crippen LogP contribution in [0.3, 0.4) is 0 Å². The molecule has 3 aromatic rings. The number of allylic oxidation sites excluding steroid dienone is 2. The number of ketones is 2. The van der Waals surface area contributed by atoms with E-state index in [1.807, 2.05) is 32.3 Å². The number of likely N-dealkylation sites (tertiary alicyclic amines) is 3. The highest BCUT2D eigenvalue weighted by molar-refractivity contribution is 7.80. The average molecular weight is 1090 g/mol. The Balaban J connectivity index is 0.000000112. The molecule has 0 aromatic heterocycles. The molecule has 15 rings (SSSR count). The molecule has 11 atom stereocenters. The molecule has 12 aliphatic rings. The second kappa shape index (κ2) is 17.3. The topological polar surface area (TPSA) is 334 Å². The molecule has 3 saturated heterocycles. The summed E-state index contributed by atoms with van der Waals surface area (Å²) in [6, 6.07) is 11.1. The minimum atomic E-state index is -4.67. The van der Waals surface area contributed by atoms with E-state index >= 15 is 0 Å². The number of aromatic hydroxyl groups is 3. The van der Waals surface area contributed by atoms with Crippen LogP contribution in [0.1, 0.15) is 52.6 Å². The first-order valence-electron chi connectivity index (χ1n) is 24.6. The van der Waals surface area contributed by atoms with Crippen molar-refractivity contribution < 1.29 is 89.1 Å². The number of piperidine rings is 3. The number of benzene rings is 3. The van der Waals surface area contributed by atoms with Gasteiger partial charge in [0.25, 0.3) is 0 Å². The van der Waals surface area contributed by atoms with Gasteiger partial charge in [-0.2, -0.15) is 8.42 Å². The maximum atomic E-state index is 12.4. The predicted molar refractivity (Wildman–Crippen MR) is 268 cm³/mol. The zero-order valence-electron chi connectivity index (χ0n) is 41.6. The number of likely N-dealkylation sites (N-methyl/N-ethyl adjacent to an activating group) is 3. The highest BCUT2D eigenvalue weighted by atomic mass is 32.3. The van der Waals surface area contributed by atoms with E-state index in [9.17, 15) is 35.1 Å². The van der Waals surface area contributed by atoms with E-state index < -0.39 is 55.0 Å². The van der Waals surface area contributed by atoms with Crippen molar-refractivity contribution >= 4 is 32.4 Å². The average Bonchev–Trinajstić information content (AvgIpc) is 3.57. The maximum Gasteiger partial charge on any atom is 0.526 e. The number of hydrogen-bond donors (Lipinski definition) is 8. The van der Waals surface area contributed by atoms with Gasteiger partial charge in [0.2, 0.25) is 0 Å². The Morgan fingerprint density at radius 1 is 0.605 bits per heavy atom. The normalized spacial score (nSPS) is 35.4. The van der Waals surface area contributed by atoms with Crippen LogP contribution in [0.4, 0.5) is 0 Å². The zero-order valence-corrected chi connectivity index (χ0v) is 43.2. The summed E-state index contributed by atoms with van der Waals surface area (Å²) in [7, 11) is -1.16. The summed E-state index contributed by atoms with van der Waals surface area (Å²) in [5.74, 6) is 2.39. The highest BCUT2D eigenvalue weighted by Gasteiger charge is 2.73. The van der Waals surface area contributed by atoms with Crippen LogP contribution in [-0.2, 0) is 70.6 Å². The van der Waals surface area contributed by atoms with Crippen molar-refractivity contribution in [2.45, 2.75) is 102 Å². The zero-order chi connectivity index (χ0) is 54.6. The maximum absolute atomic E-state index is 12.4. The Bertz CT molecular complexity index is 3230. The Hall–Kier alpha value is -5.90.